The molecule has 0 atom stereocenters. The Morgan fingerprint density at radius 1 is 1.25 bits per heavy atom. The topological polar surface area (TPSA) is 106 Å². The molecule has 0 radical (unpaired) electrons. The lowest BCUT2D eigenvalue weighted by molar-refractivity contribution is -0.384. The number of nitrogens with zero attached hydrogens (tertiary/aromatic N) is 5. The van der Waals surface area contributed by atoms with Crippen molar-refractivity contribution >= 4 is 40.0 Å². The van der Waals surface area contributed by atoms with Gasteiger partial charge < -0.3 is 14.3 Å². The van der Waals surface area contributed by atoms with Crippen LogP contribution in [0.25, 0.3) is 11.1 Å². The van der Waals surface area contributed by atoms with Crippen molar-refractivity contribution in [3.05, 3.63) is 56.9 Å². The highest BCUT2D eigenvalue weighted by molar-refractivity contribution is 6.30. The second kappa shape index (κ2) is 7.08. The first-order chi connectivity index (χ1) is 13.4. The van der Waals surface area contributed by atoms with E-state index in [2.05, 4.69) is 10.1 Å². The van der Waals surface area contributed by atoms with Gasteiger partial charge >= 0.3 is 0 Å². The number of aromatic nitrogens is 2. The predicted molar refractivity (Wildman–Crippen MR) is 103 cm³/mol. The third-order valence-electron chi connectivity index (χ3n) is 4.80. The molecule has 2 aromatic heterocycles. The van der Waals surface area contributed by atoms with E-state index in [-0.39, 0.29) is 11.6 Å². The number of piperazine rings is 1. The second-order valence-electron chi connectivity index (χ2n) is 6.51. The van der Waals surface area contributed by atoms with Crippen LogP contribution in [-0.2, 0) is 0 Å². The van der Waals surface area contributed by atoms with Crippen LogP contribution in [0.15, 0.2) is 35.0 Å². The molecule has 1 aromatic carbocycles. The third-order valence-corrected chi connectivity index (χ3v) is 5.03. The first-order valence-electron chi connectivity index (χ1n) is 8.64. The lowest BCUT2D eigenvalue weighted by Gasteiger charge is -2.35. The Morgan fingerprint density at radius 3 is 2.71 bits per heavy atom. The van der Waals surface area contributed by atoms with Crippen LogP contribution in [0.1, 0.15) is 16.1 Å². The number of nitro groups is 1. The van der Waals surface area contributed by atoms with Gasteiger partial charge in [-0.3, -0.25) is 14.9 Å². The summed E-state index contributed by atoms with van der Waals surface area (Å²) in [5.41, 5.74) is 2.00. The van der Waals surface area contributed by atoms with Gasteiger partial charge in [-0.25, -0.2) is 4.98 Å². The Bertz CT molecular complexity index is 1080. The summed E-state index contributed by atoms with van der Waals surface area (Å²) in [6.07, 6.45) is 1.48. The van der Waals surface area contributed by atoms with Gasteiger partial charge in [0.1, 0.15) is 5.69 Å². The summed E-state index contributed by atoms with van der Waals surface area (Å²) in [5, 5.41) is 16.2. The van der Waals surface area contributed by atoms with Crippen LogP contribution in [0.2, 0.25) is 5.02 Å². The molecule has 10 heteroatoms. The lowest BCUT2D eigenvalue weighted by Crippen LogP contribution is -2.49. The van der Waals surface area contributed by atoms with Crippen molar-refractivity contribution in [1.82, 2.24) is 15.0 Å². The highest BCUT2D eigenvalue weighted by Crippen LogP contribution is 2.31. The highest BCUT2D eigenvalue weighted by Gasteiger charge is 2.27. The maximum atomic E-state index is 12.8. The molecule has 3 aromatic rings. The summed E-state index contributed by atoms with van der Waals surface area (Å²) in [4.78, 5) is 31.5. The van der Waals surface area contributed by atoms with Crippen molar-refractivity contribution in [2.45, 2.75) is 6.92 Å². The molecular formula is C18H16ClN5O4. The Hall–Kier alpha value is -3.20. The minimum absolute atomic E-state index is 0.0372. The molecule has 0 unspecified atom stereocenters. The highest BCUT2D eigenvalue weighted by atomic mass is 35.5. The number of benzene rings is 1. The molecule has 3 heterocycles. The number of halogens is 1. The largest absolute Gasteiger partial charge is 0.362 e. The van der Waals surface area contributed by atoms with E-state index in [1.54, 1.807) is 30.0 Å². The Labute approximate surface area is 164 Å². The number of fused-ring (bicyclic) bond motifs is 1. The smallest absolute Gasteiger partial charge is 0.294 e. The summed E-state index contributed by atoms with van der Waals surface area (Å²) in [6, 6.07) is 6.34. The predicted octanol–water partition coefficient (Wildman–Crippen LogP) is 3.06. The summed E-state index contributed by atoms with van der Waals surface area (Å²) >= 11 is 5.88. The number of hydrogen-bond donors (Lipinski definition) is 0. The first-order valence-corrected chi connectivity index (χ1v) is 9.02. The van der Waals surface area contributed by atoms with Gasteiger partial charge in [0.05, 0.1) is 21.6 Å². The molecule has 1 saturated heterocycles. The summed E-state index contributed by atoms with van der Waals surface area (Å²) in [7, 11) is 0. The van der Waals surface area contributed by atoms with Crippen molar-refractivity contribution in [2.24, 2.45) is 0 Å². The maximum Gasteiger partial charge on any atom is 0.294 e. The van der Waals surface area contributed by atoms with Gasteiger partial charge in [-0.1, -0.05) is 16.8 Å². The van der Waals surface area contributed by atoms with Gasteiger partial charge in [0, 0.05) is 43.5 Å². The molecule has 9 nitrogen and oxygen atoms in total. The normalized spacial score (nSPS) is 14.5. The van der Waals surface area contributed by atoms with E-state index < -0.39 is 4.92 Å². The molecule has 0 spiro atoms. The quantitative estimate of drug-likeness (QED) is 0.490. The van der Waals surface area contributed by atoms with E-state index in [0.717, 1.165) is 0 Å². The van der Waals surface area contributed by atoms with Crippen molar-refractivity contribution in [2.75, 3.05) is 31.1 Å². The number of aryl methyl sites for hydroxylation is 1. The molecule has 28 heavy (non-hydrogen) atoms. The van der Waals surface area contributed by atoms with Crippen molar-refractivity contribution in [3.63, 3.8) is 0 Å². The molecule has 1 aliphatic heterocycles. The molecule has 4 rings (SSSR count). The third kappa shape index (κ3) is 3.24. The molecule has 0 N–H and O–H groups in total. The van der Waals surface area contributed by atoms with Crippen molar-refractivity contribution in [1.29, 1.82) is 0 Å². The van der Waals surface area contributed by atoms with Crippen LogP contribution in [0, 0.1) is 17.0 Å². The van der Waals surface area contributed by atoms with Crippen LogP contribution in [-0.4, -0.2) is 52.1 Å². The number of carbonyl (C=O) groups is 1. The fourth-order valence-corrected chi connectivity index (χ4v) is 3.47. The molecule has 1 amide bonds. The molecular weight excluding hydrogens is 386 g/mol. The number of amides is 1. The fraction of sp³-hybridized carbons (Fsp3) is 0.278. The Morgan fingerprint density at radius 2 is 2.00 bits per heavy atom. The number of nitro benzene ring substituents is 1. The number of anilines is 1. The molecule has 0 bridgehead atoms. The van der Waals surface area contributed by atoms with Crippen LogP contribution in [0.3, 0.4) is 0 Å². The second-order valence-corrected chi connectivity index (χ2v) is 6.95. The average molecular weight is 402 g/mol. The lowest BCUT2D eigenvalue weighted by atomic mass is 10.1. The van der Waals surface area contributed by atoms with Gasteiger partial charge in [-0.2, -0.15) is 0 Å². The van der Waals surface area contributed by atoms with Crippen molar-refractivity contribution in [3.8, 4) is 0 Å². The number of pyridine rings is 1. The number of hydrogen-bond acceptors (Lipinski definition) is 7. The van der Waals surface area contributed by atoms with Gasteiger partial charge in [0.15, 0.2) is 0 Å². The van der Waals surface area contributed by atoms with Crippen molar-refractivity contribution < 1.29 is 14.2 Å². The Kier molecular flexibility index (Phi) is 4.60. The number of carbonyl (C=O) groups excluding carboxylic acids is 1. The van der Waals surface area contributed by atoms with E-state index in [9.17, 15) is 14.9 Å². The van der Waals surface area contributed by atoms with E-state index in [1.807, 2.05) is 4.90 Å². The zero-order valence-electron chi connectivity index (χ0n) is 15.0. The molecule has 144 valence electrons. The molecule has 1 aliphatic rings. The van der Waals surface area contributed by atoms with Crippen LogP contribution < -0.4 is 4.90 Å². The fourth-order valence-electron chi connectivity index (χ4n) is 3.31. The molecule has 0 saturated carbocycles. The standard InChI is InChI=1S/C18H16ClN5O4/c1-11-14-8-12(10-20-17(14)28-21-11)18(25)23-6-4-22(5-7-23)15-3-2-13(19)9-16(15)24(26)27/h2-3,8-10H,4-7H2,1H3. The Balaban J connectivity index is 1.50. The average Bonchev–Trinajstić information content (AvgIpc) is 3.08. The van der Waals surface area contributed by atoms with Gasteiger partial charge in [-0.15, -0.1) is 0 Å². The zero-order valence-corrected chi connectivity index (χ0v) is 15.7. The molecule has 0 aliphatic carbocycles. The van der Waals surface area contributed by atoms with Gasteiger partial charge in [0.2, 0.25) is 0 Å². The summed E-state index contributed by atoms with van der Waals surface area (Å²) < 4.78 is 5.07. The van der Waals surface area contributed by atoms with Crippen LogP contribution in [0.4, 0.5) is 11.4 Å². The molecule has 1 fully saturated rings. The summed E-state index contributed by atoms with van der Waals surface area (Å²) in [6.45, 7) is 3.64. The summed E-state index contributed by atoms with van der Waals surface area (Å²) in [5.74, 6) is -0.139. The zero-order chi connectivity index (χ0) is 19.8. The van der Waals surface area contributed by atoms with E-state index >= 15 is 0 Å². The van der Waals surface area contributed by atoms with Crippen LogP contribution in [0.5, 0.6) is 0 Å². The van der Waals surface area contributed by atoms with E-state index in [0.29, 0.717) is 59.2 Å². The monoisotopic (exact) mass is 401 g/mol. The minimum atomic E-state index is -0.444. The van der Waals surface area contributed by atoms with E-state index in [1.165, 1.54) is 12.3 Å². The SMILES string of the molecule is Cc1noc2ncc(C(=O)N3CCN(c4ccc(Cl)cc4[N+](=O)[O-])CC3)cc12. The maximum absolute atomic E-state index is 12.8. The van der Waals surface area contributed by atoms with Crippen LogP contribution >= 0.6 is 11.6 Å². The van der Waals surface area contributed by atoms with Gasteiger partial charge in [0.25, 0.3) is 17.3 Å². The minimum Gasteiger partial charge on any atom is -0.362 e. The first kappa shape index (κ1) is 18.2. The van der Waals surface area contributed by atoms with E-state index in [4.69, 9.17) is 16.1 Å². The van der Waals surface area contributed by atoms with Gasteiger partial charge in [-0.05, 0) is 25.1 Å². The number of rotatable bonds is 3.